The zero-order valence-corrected chi connectivity index (χ0v) is 13.3. The van der Waals surface area contributed by atoms with Crippen LogP contribution in [0.25, 0.3) is 0 Å². The van der Waals surface area contributed by atoms with Gasteiger partial charge in [-0.3, -0.25) is 4.79 Å². The van der Waals surface area contributed by atoms with Crippen LogP contribution in [0.2, 0.25) is 0 Å². The topological polar surface area (TPSA) is 26.3 Å². The minimum Gasteiger partial charge on any atom is -0.367 e. The molecule has 3 rings (SSSR count). The molecule has 1 aliphatic heterocycles. The van der Waals surface area contributed by atoms with Crippen LogP contribution in [0, 0.1) is 5.92 Å². The highest BCUT2D eigenvalue weighted by Crippen LogP contribution is 2.36. The van der Waals surface area contributed by atoms with Crippen molar-refractivity contribution < 1.29 is 9.53 Å². The van der Waals surface area contributed by atoms with E-state index in [0.29, 0.717) is 6.42 Å². The molecule has 22 heavy (non-hydrogen) atoms. The van der Waals surface area contributed by atoms with E-state index in [2.05, 4.69) is 12.1 Å². The molecule has 0 bridgehead atoms. The number of Topliss-reactive ketones (excluding diaryl/α,β-unsaturated/α-hetero) is 1. The molecule has 0 radical (unpaired) electrons. The first-order chi connectivity index (χ1) is 10.8. The number of carbonyl (C=O) groups excluding carboxylic acids is 1. The SMILES string of the molecule is O=C(C[C@@H]1CCCO[C@@H]1Sc1ccccc1)c1ccccc1. The fourth-order valence-electron chi connectivity index (χ4n) is 2.76. The first kappa shape index (κ1) is 15.3. The molecule has 1 aliphatic rings. The van der Waals surface area contributed by atoms with Gasteiger partial charge in [-0.15, -0.1) is 0 Å². The summed E-state index contributed by atoms with van der Waals surface area (Å²) in [5, 5.41) is 0. The summed E-state index contributed by atoms with van der Waals surface area (Å²) in [4.78, 5) is 13.6. The van der Waals surface area contributed by atoms with Crippen molar-refractivity contribution in [3.8, 4) is 0 Å². The van der Waals surface area contributed by atoms with Crippen LogP contribution in [-0.2, 0) is 4.74 Å². The minimum absolute atomic E-state index is 0.0730. The standard InChI is InChI=1S/C19H20O2S/c20-18(15-8-3-1-4-9-15)14-16-10-7-13-21-19(16)22-17-11-5-2-6-12-17/h1-6,8-9,11-12,16,19H,7,10,13-14H2/t16-,19+/m0/s1. The largest absolute Gasteiger partial charge is 0.367 e. The van der Waals surface area contributed by atoms with Gasteiger partial charge >= 0.3 is 0 Å². The maximum Gasteiger partial charge on any atom is 0.163 e. The minimum atomic E-state index is 0.0730. The van der Waals surface area contributed by atoms with Gasteiger partial charge < -0.3 is 4.74 Å². The quantitative estimate of drug-likeness (QED) is 0.742. The lowest BCUT2D eigenvalue weighted by Crippen LogP contribution is -2.28. The molecule has 0 unspecified atom stereocenters. The van der Waals surface area contributed by atoms with E-state index in [0.717, 1.165) is 25.0 Å². The van der Waals surface area contributed by atoms with E-state index in [4.69, 9.17) is 4.74 Å². The molecule has 0 saturated carbocycles. The Morgan fingerprint density at radius 2 is 1.73 bits per heavy atom. The van der Waals surface area contributed by atoms with Crippen molar-refractivity contribution in [1.82, 2.24) is 0 Å². The number of rotatable bonds is 5. The van der Waals surface area contributed by atoms with E-state index < -0.39 is 0 Å². The lowest BCUT2D eigenvalue weighted by molar-refractivity contribution is 0.0269. The average Bonchev–Trinajstić information content (AvgIpc) is 2.58. The third-order valence-electron chi connectivity index (χ3n) is 3.93. The van der Waals surface area contributed by atoms with E-state index in [9.17, 15) is 4.79 Å². The fraction of sp³-hybridized carbons (Fsp3) is 0.316. The Bertz CT molecular complexity index is 597. The maximum atomic E-state index is 12.4. The van der Waals surface area contributed by atoms with Gasteiger partial charge in [-0.2, -0.15) is 0 Å². The molecule has 3 heteroatoms. The van der Waals surface area contributed by atoms with Crippen molar-refractivity contribution in [2.24, 2.45) is 5.92 Å². The van der Waals surface area contributed by atoms with Crippen LogP contribution < -0.4 is 0 Å². The third kappa shape index (κ3) is 3.99. The van der Waals surface area contributed by atoms with Gasteiger partial charge in [0.2, 0.25) is 0 Å². The Hall–Kier alpha value is -1.58. The highest BCUT2D eigenvalue weighted by Gasteiger charge is 2.29. The van der Waals surface area contributed by atoms with Crippen molar-refractivity contribution in [1.29, 1.82) is 0 Å². The van der Waals surface area contributed by atoms with Crippen LogP contribution in [0.15, 0.2) is 65.6 Å². The van der Waals surface area contributed by atoms with E-state index in [1.54, 1.807) is 11.8 Å². The van der Waals surface area contributed by atoms with Gasteiger partial charge in [0.05, 0.1) is 0 Å². The molecule has 0 spiro atoms. The predicted octanol–water partition coefficient (Wildman–Crippen LogP) is 4.80. The van der Waals surface area contributed by atoms with Crippen molar-refractivity contribution in [3.05, 3.63) is 66.2 Å². The zero-order chi connectivity index (χ0) is 15.2. The molecule has 1 fully saturated rings. The van der Waals surface area contributed by atoms with E-state index in [1.807, 2.05) is 48.5 Å². The second-order valence-electron chi connectivity index (χ2n) is 5.57. The van der Waals surface area contributed by atoms with Crippen LogP contribution in [0.1, 0.15) is 29.6 Å². The highest BCUT2D eigenvalue weighted by atomic mass is 32.2. The summed E-state index contributed by atoms with van der Waals surface area (Å²) in [5.41, 5.74) is 0.875. The van der Waals surface area contributed by atoms with Crippen molar-refractivity contribution in [2.75, 3.05) is 6.61 Å². The molecular weight excluding hydrogens is 292 g/mol. The summed E-state index contributed by atoms with van der Waals surface area (Å²) in [6, 6.07) is 19.8. The Morgan fingerprint density at radius 1 is 1.05 bits per heavy atom. The van der Waals surface area contributed by atoms with Crippen molar-refractivity contribution in [2.45, 2.75) is 29.6 Å². The number of ketones is 1. The Labute approximate surface area is 135 Å². The molecular formula is C19H20O2S. The van der Waals surface area contributed by atoms with Crippen LogP contribution in [0.3, 0.4) is 0 Å². The summed E-state index contributed by atoms with van der Waals surface area (Å²) in [5.74, 6) is 0.501. The summed E-state index contributed by atoms with van der Waals surface area (Å²) in [6.07, 6.45) is 2.66. The average molecular weight is 312 g/mol. The van der Waals surface area contributed by atoms with Crippen LogP contribution in [0.5, 0.6) is 0 Å². The Morgan fingerprint density at radius 3 is 2.45 bits per heavy atom. The van der Waals surface area contributed by atoms with E-state index >= 15 is 0 Å². The second kappa shape index (κ2) is 7.61. The number of ether oxygens (including phenoxy) is 1. The first-order valence-electron chi connectivity index (χ1n) is 7.74. The lowest BCUT2D eigenvalue weighted by Gasteiger charge is -2.31. The summed E-state index contributed by atoms with van der Waals surface area (Å²) in [7, 11) is 0. The number of benzene rings is 2. The van der Waals surface area contributed by atoms with E-state index in [-0.39, 0.29) is 17.1 Å². The van der Waals surface area contributed by atoms with Gasteiger partial charge in [0.15, 0.2) is 5.78 Å². The number of carbonyl (C=O) groups is 1. The van der Waals surface area contributed by atoms with Crippen LogP contribution in [0.4, 0.5) is 0 Å². The lowest BCUT2D eigenvalue weighted by atomic mass is 9.93. The Balaban J connectivity index is 1.66. The monoisotopic (exact) mass is 312 g/mol. The third-order valence-corrected chi connectivity index (χ3v) is 5.22. The molecule has 0 aromatic heterocycles. The summed E-state index contributed by atoms with van der Waals surface area (Å²) < 4.78 is 5.94. The molecule has 2 aromatic carbocycles. The van der Waals surface area contributed by atoms with Gasteiger partial charge in [-0.1, -0.05) is 60.3 Å². The second-order valence-corrected chi connectivity index (χ2v) is 6.74. The molecule has 2 nitrogen and oxygen atoms in total. The molecule has 2 atom stereocenters. The van der Waals surface area contributed by atoms with Gasteiger partial charge in [-0.05, 0) is 25.0 Å². The summed E-state index contributed by atoms with van der Waals surface area (Å²) >= 11 is 1.74. The normalized spacial score (nSPS) is 21.5. The predicted molar refractivity (Wildman–Crippen MR) is 90.2 cm³/mol. The Kier molecular flexibility index (Phi) is 5.30. The van der Waals surface area contributed by atoms with Gasteiger partial charge in [-0.25, -0.2) is 0 Å². The molecule has 1 saturated heterocycles. The number of hydrogen-bond donors (Lipinski definition) is 0. The van der Waals surface area contributed by atoms with Crippen LogP contribution in [-0.4, -0.2) is 17.8 Å². The van der Waals surface area contributed by atoms with Crippen molar-refractivity contribution >= 4 is 17.5 Å². The molecule has 0 N–H and O–H groups in total. The van der Waals surface area contributed by atoms with Gasteiger partial charge in [0, 0.05) is 29.4 Å². The molecule has 0 amide bonds. The molecule has 2 aromatic rings. The number of hydrogen-bond acceptors (Lipinski definition) is 3. The van der Waals surface area contributed by atoms with Crippen LogP contribution >= 0.6 is 11.8 Å². The molecule has 114 valence electrons. The van der Waals surface area contributed by atoms with Crippen molar-refractivity contribution in [3.63, 3.8) is 0 Å². The first-order valence-corrected chi connectivity index (χ1v) is 8.62. The van der Waals surface area contributed by atoms with Gasteiger partial charge in [0.25, 0.3) is 0 Å². The van der Waals surface area contributed by atoms with Gasteiger partial charge in [0.1, 0.15) is 5.44 Å². The maximum absolute atomic E-state index is 12.4. The smallest absolute Gasteiger partial charge is 0.163 e. The summed E-state index contributed by atoms with van der Waals surface area (Å²) in [6.45, 7) is 0.792. The fourth-order valence-corrected chi connectivity index (χ4v) is 3.93. The zero-order valence-electron chi connectivity index (χ0n) is 12.5. The number of thioether (sulfide) groups is 1. The molecule has 0 aliphatic carbocycles. The highest BCUT2D eigenvalue weighted by molar-refractivity contribution is 7.99. The molecule has 1 heterocycles. The van der Waals surface area contributed by atoms with E-state index in [1.165, 1.54) is 4.90 Å².